The molecule has 1 aromatic rings. The van der Waals surface area contributed by atoms with Gasteiger partial charge in [-0.25, -0.2) is 0 Å². The second kappa shape index (κ2) is 3.35. The summed E-state index contributed by atoms with van der Waals surface area (Å²) in [5, 5.41) is 2.55. The summed E-state index contributed by atoms with van der Waals surface area (Å²) < 4.78 is 0.516. The maximum atomic E-state index is 11.2. The molecule has 0 atom stereocenters. The highest BCUT2D eigenvalue weighted by molar-refractivity contribution is 8.26. The summed E-state index contributed by atoms with van der Waals surface area (Å²) in [6, 6.07) is 3.77. The Morgan fingerprint density at radius 1 is 1.54 bits per heavy atom. The quantitative estimate of drug-likeness (QED) is 0.545. The minimum atomic E-state index is -0.121. The lowest BCUT2D eigenvalue weighted by atomic mass is 10.3. The Bertz CT molecular complexity index is 381. The minimum absolute atomic E-state index is 0.121. The number of thioether (sulfide) groups is 1. The first-order valence-electron chi connectivity index (χ1n) is 3.64. The number of aromatic amines is 1. The number of hydrogen-bond acceptors (Lipinski definition) is 3. The second-order valence-electron chi connectivity index (χ2n) is 2.48. The van der Waals surface area contributed by atoms with Crippen LogP contribution < -0.4 is 5.32 Å². The van der Waals surface area contributed by atoms with Gasteiger partial charge in [-0.3, -0.25) is 4.79 Å². The third-order valence-corrected chi connectivity index (χ3v) is 2.71. The van der Waals surface area contributed by atoms with Gasteiger partial charge in [0, 0.05) is 11.9 Å². The summed E-state index contributed by atoms with van der Waals surface area (Å²) in [6.45, 7) is 0. The predicted octanol–water partition coefficient (Wildman–Crippen LogP) is 1.50. The topological polar surface area (TPSA) is 44.9 Å². The number of nitrogens with one attached hydrogen (secondary N) is 2. The molecule has 0 radical (unpaired) electrons. The van der Waals surface area contributed by atoms with Gasteiger partial charge in [0.1, 0.15) is 4.32 Å². The highest BCUT2D eigenvalue weighted by atomic mass is 32.2. The first-order valence-corrected chi connectivity index (χ1v) is 4.86. The van der Waals surface area contributed by atoms with Crippen LogP contribution in [0.5, 0.6) is 0 Å². The Morgan fingerprint density at radius 2 is 2.38 bits per heavy atom. The van der Waals surface area contributed by atoms with Gasteiger partial charge >= 0.3 is 0 Å². The number of carbonyl (C=O) groups excluding carboxylic acids is 1. The number of hydrogen-bond donors (Lipinski definition) is 2. The van der Waals surface area contributed by atoms with E-state index in [-0.39, 0.29) is 5.91 Å². The molecule has 1 aliphatic heterocycles. The normalized spacial score (nSPS) is 19.5. The second-order valence-corrected chi connectivity index (χ2v) is 4.20. The largest absolute Gasteiger partial charge is 0.362 e. The highest BCUT2D eigenvalue weighted by Crippen LogP contribution is 2.25. The maximum absolute atomic E-state index is 11.2. The van der Waals surface area contributed by atoms with Gasteiger partial charge in [0.05, 0.1) is 4.91 Å². The summed E-state index contributed by atoms with van der Waals surface area (Å²) in [5.74, 6) is -0.121. The van der Waals surface area contributed by atoms with Crippen LogP contribution in [0.25, 0.3) is 6.08 Å². The molecule has 3 nitrogen and oxygen atoms in total. The lowest BCUT2D eigenvalue weighted by Crippen LogP contribution is -2.17. The predicted molar refractivity (Wildman–Crippen MR) is 57.1 cm³/mol. The molecule has 1 fully saturated rings. The van der Waals surface area contributed by atoms with E-state index in [9.17, 15) is 4.79 Å². The smallest absolute Gasteiger partial charge is 0.263 e. The minimum Gasteiger partial charge on any atom is -0.362 e. The molecule has 5 heteroatoms. The molecular formula is C8H6N2OS2. The van der Waals surface area contributed by atoms with Crippen LogP contribution in [0.2, 0.25) is 0 Å². The maximum Gasteiger partial charge on any atom is 0.263 e. The van der Waals surface area contributed by atoms with Crippen molar-refractivity contribution in [1.29, 1.82) is 0 Å². The zero-order valence-corrected chi connectivity index (χ0v) is 8.17. The molecule has 1 aromatic heterocycles. The fourth-order valence-electron chi connectivity index (χ4n) is 0.996. The van der Waals surface area contributed by atoms with Gasteiger partial charge in [-0.2, -0.15) is 0 Å². The number of rotatable bonds is 1. The number of aromatic nitrogens is 1. The van der Waals surface area contributed by atoms with Crippen molar-refractivity contribution in [2.24, 2.45) is 0 Å². The molecule has 2 heterocycles. The molecule has 0 spiro atoms. The van der Waals surface area contributed by atoms with Gasteiger partial charge in [0.25, 0.3) is 5.91 Å². The lowest BCUT2D eigenvalue weighted by Gasteiger charge is -1.88. The molecule has 13 heavy (non-hydrogen) atoms. The van der Waals surface area contributed by atoms with E-state index in [2.05, 4.69) is 10.3 Å². The lowest BCUT2D eigenvalue weighted by molar-refractivity contribution is -0.115. The zero-order valence-electron chi connectivity index (χ0n) is 6.53. The van der Waals surface area contributed by atoms with Crippen molar-refractivity contribution in [1.82, 2.24) is 10.3 Å². The summed E-state index contributed by atoms with van der Waals surface area (Å²) in [6.07, 6.45) is 3.58. The summed E-state index contributed by atoms with van der Waals surface area (Å²) in [5.41, 5.74) is 0.905. The molecule has 0 unspecified atom stereocenters. The monoisotopic (exact) mass is 210 g/mol. The molecular weight excluding hydrogens is 204 g/mol. The zero-order chi connectivity index (χ0) is 9.26. The van der Waals surface area contributed by atoms with Crippen LogP contribution in [0.3, 0.4) is 0 Å². The fraction of sp³-hybridized carbons (Fsp3) is 0. The van der Waals surface area contributed by atoms with Crippen molar-refractivity contribution in [3.8, 4) is 0 Å². The Kier molecular flexibility index (Phi) is 2.20. The van der Waals surface area contributed by atoms with Crippen LogP contribution in [0.4, 0.5) is 0 Å². The average molecular weight is 210 g/mol. The van der Waals surface area contributed by atoms with Gasteiger partial charge in [0.15, 0.2) is 0 Å². The van der Waals surface area contributed by atoms with Crippen molar-refractivity contribution < 1.29 is 4.79 Å². The average Bonchev–Trinajstić information content (AvgIpc) is 2.63. The van der Waals surface area contributed by atoms with Gasteiger partial charge in [0.2, 0.25) is 0 Å². The molecule has 1 saturated heterocycles. The molecule has 2 rings (SSSR count). The van der Waals surface area contributed by atoms with Crippen LogP contribution in [0, 0.1) is 0 Å². The molecule has 1 amide bonds. The van der Waals surface area contributed by atoms with Crippen molar-refractivity contribution >= 4 is 40.3 Å². The Hall–Kier alpha value is -1.07. The molecule has 0 aliphatic carbocycles. The molecule has 0 bridgehead atoms. The number of thiocarbonyl (C=S) groups is 1. The van der Waals surface area contributed by atoms with Gasteiger partial charge in [-0.05, 0) is 18.2 Å². The van der Waals surface area contributed by atoms with Crippen molar-refractivity contribution in [2.75, 3.05) is 0 Å². The van der Waals surface area contributed by atoms with E-state index in [0.717, 1.165) is 5.69 Å². The standard InChI is InChI=1S/C8H6N2OS2/c11-7-6(13-8(12)10-7)4-5-2-1-3-9-5/h1-4,9H,(H,10,11,12). The molecule has 66 valence electrons. The van der Waals surface area contributed by atoms with Crippen LogP contribution >= 0.6 is 24.0 Å². The van der Waals surface area contributed by atoms with E-state index in [1.807, 2.05) is 18.3 Å². The van der Waals surface area contributed by atoms with Gasteiger partial charge in [-0.15, -0.1) is 0 Å². The number of amides is 1. The third kappa shape index (κ3) is 1.81. The van der Waals surface area contributed by atoms with Crippen LogP contribution in [-0.4, -0.2) is 15.2 Å². The van der Waals surface area contributed by atoms with E-state index in [1.54, 1.807) is 6.08 Å². The van der Waals surface area contributed by atoms with E-state index in [4.69, 9.17) is 12.2 Å². The van der Waals surface area contributed by atoms with Crippen molar-refractivity contribution in [3.05, 3.63) is 28.9 Å². The number of carbonyl (C=O) groups is 1. The van der Waals surface area contributed by atoms with Crippen LogP contribution in [0.1, 0.15) is 5.69 Å². The fourth-order valence-corrected chi connectivity index (χ4v) is 2.03. The van der Waals surface area contributed by atoms with Crippen LogP contribution in [0.15, 0.2) is 23.2 Å². The Morgan fingerprint density at radius 3 is 2.92 bits per heavy atom. The van der Waals surface area contributed by atoms with Crippen LogP contribution in [-0.2, 0) is 4.79 Å². The van der Waals surface area contributed by atoms with Gasteiger partial charge < -0.3 is 10.3 Å². The number of H-pyrrole nitrogens is 1. The highest BCUT2D eigenvalue weighted by Gasteiger charge is 2.21. The van der Waals surface area contributed by atoms with Gasteiger partial charge in [-0.1, -0.05) is 24.0 Å². The van der Waals surface area contributed by atoms with E-state index < -0.39 is 0 Å². The van der Waals surface area contributed by atoms with Crippen molar-refractivity contribution in [2.45, 2.75) is 0 Å². The molecule has 1 aliphatic rings. The Balaban J connectivity index is 2.27. The van der Waals surface area contributed by atoms with E-state index in [0.29, 0.717) is 9.23 Å². The summed E-state index contributed by atoms with van der Waals surface area (Å²) in [7, 11) is 0. The summed E-state index contributed by atoms with van der Waals surface area (Å²) >= 11 is 6.13. The third-order valence-electron chi connectivity index (χ3n) is 1.55. The molecule has 0 aromatic carbocycles. The van der Waals surface area contributed by atoms with E-state index in [1.165, 1.54) is 11.8 Å². The molecule has 2 N–H and O–H groups in total. The summed E-state index contributed by atoms with van der Waals surface area (Å²) in [4.78, 5) is 14.8. The SMILES string of the molecule is O=C1NC(=S)SC1=Cc1ccc[nH]1. The molecule has 0 saturated carbocycles. The first kappa shape index (κ1) is 8.52. The first-order chi connectivity index (χ1) is 6.25. The Labute approximate surface area is 84.6 Å². The van der Waals surface area contributed by atoms with Crippen molar-refractivity contribution in [3.63, 3.8) is 0 Å². The van der Waals surface area contributed by atoms with E-state index >= 15 is 0 Å².